The van der Waals surface area contributed by atoms with Crippen molar-refractivity contribution >= 4 is 29.2 Å². The summed E-state index contributed by atoms with van der Waals surface area (Å²) in [5, 5.41) is 10.8. The Labute approximate surface area is 157 Å². The molecule has 0 saturated carbocycles. The molecule has 0 bridgehead atoms. The summed E-state index contributed by atoms with van der Waals surface area (Å²) in [6.07, 6.45) is 2.81. The molecule has 1 aliphatic rings. The quantitative estimate of drug-likeness (QED) is 0.855. The van der Waals surface area contributed by atoms with Crippen LogP contribution < -0.4 is 10.6 Å². The number of aromatic nitrogens is 2. The summed E-state index contributed by atoms with van der Waals surface area (Å²) in [4.78, 5) is 27.0. The van der Waals surface area contributed by atoms with E-state index in [1.165, 1.54) is 0 Å². The minimum Gasteiger partial charge on any atom is -0.357 e. The van der Waals surface area contributed by atoms with E-state index in [-0.39, 0.29) is 11.8 Å². The third-order valence-corrected chi connectivity index (χ3v) is 4.95. The van der Waals surface area contributed by atoms with Crippen LogP contribution in [0.15, 0.2) is 36.5 Å². The molecule has 7 nitrogen and oxygen atoms in total. The van der Waals surface area contributed by atoms with Crippen LogP contribution in [0.5, 0.6) is 0 Å². The Hall–Kier alpha value is -2.54. The van der Waals surface area contributed by atoms with Crippen molar-refractivity contribution < 1.29 is 9.59 Å². The SMILES string of the molecule is CNC(=O)C1(Nc2ccn(C)n2)CCN(C(=O)c2cccc(Cl)c2)CC1. The molecule has 2 aromatic rings. The maximum absolute atomic E-state index is 12.7. The molecule has 0 aliphatic carbocycles. The Morgan fingerprint density at radius 3 is 2.54 bits per heavy atom. The molecule has 138 valence electrons. The van der Waals surface area contributed by atoms with E-state index in [9.17, 15) is 9.59 Å². The number of likely N-dealkylation sites (N-methyl/N-ethyl adjacent to an activating group) is 1. The lowest BCUT2D eigenvalue weighted by Crippen LogP contribution is -2.58. The van der Waals surface area contributed by atoms with E-state index >= 15 is 0 Å². The second-order valence-corrected chi connectivity index (χ2v) is 6.90. The van der Waals surface area contributed by atoms with Gasteiger partial charge in [0, 0.05) is 50.0 Å². The van der Waals surface area contributed by atoms with Gasteiger partial charge in [0.25, 0.3) is 5.91 Å². The van der Waals surface area contributed by atoms with E-state index < -0.39 is 5.54 Å². The summed E-state index contributed by atoms with van der Waals surface area (Å²) in [6.45, 7) is 0.942. The number of hydrogen-bond donors (Lipinski definition) is 2. The number of nitrogens with zero attached hydrogens (tertiary/aromatic N) is 3. The summed E-state index contributed by atoms with van der Waals surface area (Å²) in [7, 11) is 3.44. The number of rotatable bonds is 4. The van der Waals surface area contributed by atoms with E-state index in [4.69, 9.17) is 11.6 Å². The molecule has 0 unspecified atom stereocenters. The van der Waals surface area contributed by atoms with E-state index in [0.717, 1.165) is 0 Å². The zero-order valence-electron chi connectivity index (χ0n) is 14.8. The van der Waals surface area contributed by atoms with Crippen LogP contribution in [0.2, 0.25) is 5.02 Å². The Morgan fingerprint density at radius 2 is 1.96 bits per heavy atom. The third-order valence-electron chi connectivity index (χ3n) is 4.72. The number of benzene rings is 1. The van der Waals surface area contributed by atoms with Gasteiger partial charge in [-0.2, -0.15) is 5.10 Å². The average molecular weight is 376 g/mol. The molecule has 2 amide bonds. The number of piperidine rings is 1. The fourth-order valence-electron chi connectivity index (χ4n) is 3.27. The van der Waals surface area contributed by atoms with Crippen LogP contribution in [0, 0.1) is 0 Å². The molecule has 8 heteroatoms. The lowest BCUT2D eigenvalue weighted by molar-refractivity contribution is -0.126. The van der Waals surface area contributed by atoms with Gasteiger partial charge in [0.2, 0.25) is 5.91 Å². The van der Waals surface area contributed by atoms with Crippen molar-refractivity contribution in [2.75, 3.05) is 25.5 Å². The first-order valence-corrected chi connectivity index (χ1v) is 8.86. The Balaban J connectivity index is 1.74. The topological polar surface area (TPSA) is 79.3 Å². The maximum atomic E-state index is 12.7. The maximum Gasteiger partial charge on any atom is 0.253 e. The molecule has 1 saturated heterocycles. The number of carbonyl (C=O) groups is 2. The highest BCUT2D eigenvalue weighted by molar-refractivity contribution is 6.30. The zero-order valence-corrected chi connectivity index (χ0v) is 15.6. The summed E-state index contributed by atoms with van der Waals surface area (Å²) < 4.78 is 1.68. The van der Waals surface area contributed by atoms with Gasteiger partial charge in [0.1, 0.15) is 11.4 Å². The molecule has 0 spiro atoms. The Kier molecular flexibility index (Phi) is 5.18. The van der Waals surface area contributed by atoms with Crippen molar-refractivity contribution in [2.45, 2.75) is 18.4 Å². The summed E-state index contributed by atoms with van der Waals surface area (Å²) in [5.41, 5.74) is -0.226. The predicted octanol–water partition coefficient (Wildman–Crippen LogP) is 1.91. The first-order chi connectivity index (χ1) is 12.4. The number of hydrogen-bond acceptors (Lipinski definition) is 4. The molecule has 0 radical (unpaired) electrons. The molecular formula is C18H22ClN5O2. The second kappa shape index (κ2) is 7.37. The van der Waals surface area contributed by atoms with Crippen LogP contribution in [-0.4, -0.2) is 52.2 Å². The molecular weight excluding hydrogens is 354 g/mol. The van der Waals surface area contributed by atoms with Crippen LogP contribution in [0.25, 0.3) is 0 Å². The zero-order chi connectivity index (χ0) is 18.7. The number of amides is 2. The van der Waals surface area contributed by atoms with Gasteiger partial charge in [-0.15, -0.1) is 0 Å². The van der Waals surface area contributed by atoms with E-state index in [0.29, 0.717) is 42.3 Å². The van der Waals surface area contributed by atoms with Gasteiger partial charge < -0.3 is 15.5 Å². The number of aryl methyl sites for hydroxylation is 1. The number of carbonyl (C=O) groups excluding carboxylic acids is 2. The average Bonchev–Trinajstić information content (AvgIpc) is 3.05. The van der Waals surface area contributed by atoms with Crippen LogP contribution in [0.3, 0.4) is 0 Å². The molecule has 1 aromatic carbocycles. The Bertz CT molecular complexity index is 811. The fraction of sp³-hybridized carbons (Fsp3) is 0.389. The lowest BCUT2D eigenvalue weighted by Gasteiger charge is -2.41. The molecule has 3 rings (SSSR count). The number of anilines is 1. The van der Waals surface area contributed by atoms with Gasteiger partial charge in [-0.3, -0.25) is 14.3 Å². The van der Waals surface area contributed by atoms with Gasteiger partial charge in [-0.05, 0) is 31.0 Å². The first-order valence-electron chi connectivity index (χ1n) is 8.48. The van der Waals surface area contributed by atoms with Gasteiger partial charge in [0.05, 0.1) is 0 Å². The highest BCUT2D eigenvalue weighted by atomic mass is 35.5. The van der Waals surface area contributed by atoms with Crippen molar-refractivity contribution in [1.29, 1.82) is 0 Å². The lowest BCUT2D eigenvalue weighted by atomic mass is 9.86. The van der Waals surface area contributed by atoms with E-state index in [1.807, 2.05) is 19.3 Å². The van der Waals surface area contributed by atoms with Gasteiger partial charge in [0.15, 0.2) is 0 Å². The minimum atomic E-state index is -0.784. The predicted molar refractivity (Wildman–Crippen MR) is 100 cm³/mol. The monoisotopic (exact) mass is 375 g/mol. The third kappa shape index (κ3) is 3.67. The minimum absolute atomic E-state index is 0.0733. The largest absolute Gasteiger partial charge is 0.357 e. The Morgan fingerprint density at radius 1 is 1.23 bits per heavy atom. The molecule has 1 aromatic heterocycles. The first kappa shape index (κ1) is 18.3. The van der Waals surface area contributed by atoms with Crippen molar-refractivity contribution in [3.8, 4) is 0 Å². The van der Waals surface area contributed by atoms with Crippen LogP contribution in [0.4, 0.5) is 5.82 Å². The normalized spacial score (nSPS) is 16.2. The summed E-state index contributed by atoms with van der Waals surface area (Å²) in [6, 6.07) is 8.74. The van der Waals surface area contributed by atoms with Gasteiger partial charge in [-0.1, -0.05) is 17.7 Å². The second-order valence-electron chi connectivity index (χ2n) is 6.46. The fourth-order valence-corrected chi connectivity index (χ4v) is 3.46. The van der Waals surface area contributed by atoms with E-state index in [1.54, 1.807) is 40.9 Å². The molecule has 1 aliphatic heterocycles. The molecule has 26 heavy (non-hydrogen) atoms. The summed E-state index contributed by atoms with van der Waals surface area (Å²) >= 11 is 5.98. The number of halogens is 1. The standard InChI is InChI=1S/C18H22ClN5O2/c1-20-17(26)18(21-15-6-9-23(2)22-15)7-10-24(11-8-18)16(25)13-4-3-5-14(19)12-13/h3-6,9,12H,7-8,10-11H2,1-2H3,(H,20,26)(H,21,22). The molecule has 0 atom stereocenters. The number of likely N-dealkylation sites (tertiary alicyclic amines) is 1. The smallest absolute Gasteiger partial charge is 0.253 e. The molecule has 2 N–H and O–H groups in total. The summed E-state index contributed by atoms with van der Waals surface area (Å²) in [5.74, 6) is 0.472. The van der Waals surface area contributed by atoms with Crippen LogP contribution >= 0.6 is 11.6 Å². The molecule has 1 fully saturated rings. The van der Waals surface area contributed by atoms with Crippen molar-refractivity contribution in [1.82, 2.24) is 20.0 Å². The number of nitrogens with one attached hydrogen (secondary N) is 2. The van der Waals surface area contributed by atoms with Crippen LogP contribution in [0.1, 0.15) is 23.2 Å². The molecule has 2 heterocycles. The highest BCUT2D eigenvalue weighted by Crippen LogP contribution is 2.28. The van der Waals surface area contributed by atoms with Crippen molar-refractivity contribution in [2.24, 2.45) is 7.05 Å². The van der Waals surface area contributed by atoms with Crippen LogP contribution in [-0.2, 0) is 11.8 Å². The van der Waals surface area contributed by atoms with Gasteiger partial charge >= 0.3 is 0 Å². The highest BCUT2D eigenvalue weighted by Gasteiger charge is 2.42. The van der Waals surface area contributed by atoms with Crippen molar-refractivity contribution in [3.63, 3.8) is 0 Å². The van der Waals surface area contributed by atoms with Crippen molar-refractivity contribution in [3.05, 3.63) is 47.1 Å². The van der Waals surface area contributed by atoms with Gasteiger partial charge in [-0.25, -0.2) is 0 Å². The van der Waals surface area contributed by atoms with E-state index in [2.05, 4.69) is 15.7 Å².